The highest BCUT2D eigenvalue weighted by Crippen LogP contribution is 2.40. The molecule has 1 aromatic rings. The van der Waals surface area contributed by atoms with Crippen molar-refractivity contribution in [2.75, 3.05) is 34.4 Å². The predicted octanol–water partition coefficient (Wildman–Crippen LogP) is 3.56. The van der Waals surface area contributed by atoms with Gasteiger partial charge in [-0.25, -0.2) is 0 Å². The third-order valence-electron chi connectivity index (χ3n) is 5.29. The molecular formula is C20H31F2N3O3. The van der Waals surface area contributed by atoms with Crippen LogP contribution in [0.25, 0.3) is 0 Å². The molecular weight excluding hydrogens is 368 g/mol. The number of rotatable bonds is 10. The van der Waals surface area contributed by atoms with E-state index in [-0.39, 0.29) is 11.2 Å². The molecule has 1 aromatic carbocycles. The average Bonchev–Trinajstić information content (AvgIpc) is 3.16. The zero-order valence-electron chi connectivity index (χ0n) is 16.9. The topological polar surface area (TPSA) is 64.1 Å². The fourth-order valence-electron chi connectivity index (χ4n) is 3.64. The molecule has 8 heteroatoms. The lowest BCUT2D eigenvalue weighted by atomic mass is 9.83. The second-order valence-corrected chi connectivity index (χ2v) is 7.08. The van der Waals surface area contributed by atoms with Gasteiger partial charge < -0.3 is 24.8 Å². The monoisotopic (exact) mass is 399 g/mol. The van der Waals surface area contributed by atoms with Gasteiger partial charge in [0.1, 0.15) is 11.5 Å². The second-order valence-electron chi connectivity index (χ2n) is 7.08. The summed E-state index contributed by atoms with van der Waals surface area (Å²) < 4.78 is 40.4. The Bertz CT molecular complexity index is 635. The standard InChI is InChI=1S/C20H31F2N3O3/c1-23-19(25-14-20(10-11-26-2)8-4-5-9-20)24-13-15-6-7-16(27-3)12-17(15)28-18(21)22/h6-7,12,18H,4-5,8-11,13-14H2,1-3H3,(H2,23,24,25). The minimum atomic E-state index is -2.90. The van der Waals surface area contributed by atoms with Crippen LogP contribution in [0.3, 0.4) is 0 Å². The molecule has 2 N–H and O–H groups in total. The van der Waals surface area contributed by atoms with E-state index in [9.17, 15) is 8.78 Å². The molecule has 0 saturated heterocycles. The van der Waals surface area contributed by atoms with E-state index in [1.165, 1.54) is 38.9 Å². The molecule has 0 spiro atoms. The van der Waals surface area contributed by atoms with Crippen LogP contribution in [0, 0.1) is 5.41 Å². The number of hydrogen-bond acceptors (Lipinski definition) is 4. The minimum absolute atomic E-state index is 0.0876. The third-order valence-corrected chi connectivity index (χ3v) is 5.29. The van der Waals surface area contributed by atoms with Crippen LogP contribution in [0.2, 0.25) is 0 Å². The number of ether oxygens (including phenoxy) is 3. The molecule has 0 bridgehead atoms. The van der Waals surface area contributed by atoms with Crippen LogP contribution in [-0.4, -0.2) is 47.0 Å². The van der Waals surface area contributed by atoms with E-state index >= 15 is 0 Å². The number of guanidine groups is 1. The van der Waals surface area contributed by atoms with Crippen molar-refractivity contribution >= 4 is 5.96 Å². The Morgan fingerprint density at radius 2 is 1.96 bits per heavy atom. The van der Waals surface area contributed by atoms with Gasteiger partial charge in [-0.05, 0) is 36.8 Å². The van der Waals surface area contributed by atoms with Crippen LogP contribution in [0.4, 0.5) is 8.78 Å². The normalized spacial score (nSPS) is 16.3. The zero-order valence-corrected chi connectivity index (χ0v) is 16.9. The number of halogens is 2. The first-order chi connectivity index (χ1) is 13.5. The highest BCUT2D eigenvalue weighted by atomic mass is 19.3. The Kier molecular flexibility index (Phi) is 8.76. The number of nitrogens with one attached hydrogen (secondary N) is 2. The van der Waals surface area contributed by atoms with E-state index in [4.69, 9.17) is 9.47 Å². The van der Waals surface area contributed by atoms with Crippen molar-refractivity contribution in [3.63, 3.8) is 0 Å². The molecule has 158 valence electrons. The van der Waals surface area contributed by atoms with Crippen molar-refractivity contribution in [3.05, 3.63) is 23.8 Å². The molecule has 0 unspecified atom stereocenters. The van der Waals surface area contributed by atoms with Crippen LogP contribution in [-0.2, 0) is 11.3 Å². The highest BCUT2D eigenvalue weighted by Gasteiger charge is 2.33. The van der Waals surface area contributed by atoms with Crippen LogP contribution in [0.1, 0.15) is 37.7 Å². The molecule has 1 aliphatic carbocycles. The van der Waals surface area contributed by atoms with Crippen LogP contribution >= 0.6 is 0 Å². The quantitative estimate of drug-likeness (QED) is 0.465. The Balaban J connectivity index is 1.96. The van der Waals surface area contributed by atoms with Crippen molar-refractivity contribution < 1.29 is 23.0 Å². The zero-order chi connectivity index (χ0) is 20.4. The van der Waals surface area contributed by atoms with Gasteiger partial charge in [0, 0.05) is 45.5 Å². The van der Waals surface area contributed by atoms with Gasteiger partial charge >= 0.3 is 6.61 Å². The summed E-state index contributed by atoms with van der Waals surface area (Å²) in [7, 11) is 4.90. The van der Waals surface area contributed by atoms with Crippen molar-refractivity contribution in [1.82, 2.24) is 10.6 Å². The molecule has 0 aromatic heterocycles. The first-order valence-electron chi connectivity index (χ1n) is 9.57. The van der Waals surface area contributed by atoms with Crippen LogP contribution in [0.5, 0.6) is 11.5 Å². The number of aliphatic imine (C=N–C) groups is 1. The van der Waals surface area contributed by atoms with Gasteiger partial charge in [0.25, 0.3) is 0 Å². The predicted molar refractivity (Wildman–Crippen MR) is 105 cm³/mol. The number of benzene rings is 1. The van der Waals surface area contributed by atoms with E-state index < -0.39 is 6.61 Å². The molecule has 1 fully saturated rings. The molecule has 0 radical (unpaired) electrons. The van der Waals surface area contributed by atoms with Crippen molar-refractivity contribution in [2.45, 2.75) is 45.3 Å². The summed E-state index contributed by atoms with van der Waals surface area (Å²) in [5.41, 5.74) is 0.816. The van der Waals surface area contributed by atoms with Crippen LogP contribution < -0.4 is 20.1 Å². The molecule has 0 aliphatic heterocycles. The van der Waals surface area contributed by atoms with Gasteiger partial charge in [0.05, 0.1) is 7.11 Å². The van der Waals surface area contributed by atoms with Crippen LogP contribution in [0.15, 0.2) is 23.2 Å². The summed E-state index contributed by atoms with van der Waals surface area (Å²) in [6.07, 6.45) is 5.82. The summed E-state index contributed by atoms with van der Waals surface area (Å²) in [5.74, 6) is 1.18. The van der Waals surface area contributed by atoms with Crippen molar-refractivity contribution in [3.8, 4) is 11.5 Å². The Labute approximate surface area is 165 Å². The lowest BCUT2D eigenvalue weighted by Gasteiger charge is -2.30. The summed E-state index contributed by atoms with van der Waals surface area (Å²) in [4.78, 5) is 4.25. The fraction of sp³-hybridized carbons (Fsp3) is 0.650. The van der Waals surface area contributed by atoms with E-state index in [1.807, 2.05) is 0 Å². The summed E-state index contributed by atoms with van der Waals surface area (Å²) >= 11 is 0. The van der Waals surface area contributed by atoms with Crippen molar-refractivity contribution in [2.24, 2.45) is 10.4 Å². The molecule has 28 heavy (non-hydrogen) atoms. The number of hydrogen-bond donors (Lipinski definition) is 2. The Morgan fingerprint density at radius 1 is 1.21 bits per heavy atom. The molecule has 1 saturated carbocycles. The first kappa shape index (κ1) is 22.2. The maximum atomic E-state index is 12.7. The van der Waals surface area contributed by atoms with Gasteiger partial charge in [0.2, 0.25) is 0 Å². The lowest BCUT2D eigenvalue weighted by Crippen LogP contribution is -2.43. The largest absolute Gasteiger partial charge is 0.497 e. The first-order valence-corrected chi connectivity index (χ1v) is 9.57. The smallest absolute Gasteiger partial charge is 0.387 e. The summed E-state index contributed by atoms with van der Waals surface area (Å²) in [6.45, 7) is -1.05. The lowest BCUT2D eigenvalue weighted by molar-refractivity contribution is -0.0505. The molecule has 0 atom stereocenters. The second kappa shape index (κ2) is 11.0. The van der Waals surface area contributed by atoms with Gasteiger partial charge in [-0.15, -0.1) is 0 Å². The number of alkyl halides is 2. The molecule has 6 nitrogen and oxygen atoms in total. The molecule has 1 aliphatic rings. The molecule has 0 amide bonds. The molecule has 2 rings (SSSR count). The summed E-state index contributed by atoms with van der Waals surface area (Å²) in [6, 6.07) is 4.87. The van der Waals surface area contributed by atoms with Crippen molar-refractivity contribution in [1.29, 1.82) is 0 Å². The van der Waals surface area contributed by atoms with Gasteiger partial charge in [-0.3, -0.25) is 4.99 Å². The maximum Gasteiger partial charge on any atom is 0.387 e. The van der Waals surface area contributed by atoms with Gasteiger partial charge in [-0.2, -0.15) is 8.78 Å². The highest BCUT2D eigenvalue weighted by molar-refractivity contribution is 5.79. The minimum Gasteiger partial charge on any atom is -0.497 e. The number of nitrogens with zero attached hydrogens (tertiary/aromatic N) is 1. The van der Waals surface area contributed by atoms with E-state index in [0.29, 0.717) is 23.8 Å². The van der Waals surface area contributed by atoms with E-state index in [0.717, 1.165) is 19.6 Å². The van der Waals surface area contributed by atoms with Gasteiger partial charge in [0.15, 0.2) is 5.96 Å². The molecule has 0 heterocycles. The van der Waals surface area contributed by atoms with E-state index in [1.54, 1.807) is 26.3 Å². The fourth-order valence-corrected chi connectivity index (χ4v) is 3.64. The SMILES string of the molecule is CN=C(NCc1ccc(OC)cc1OC(F)F)NCC1(CCOC)CCCC1. The average molecular weight is 399 g/mol. The summed E-state index contributed by atoms with van der Waals surface area (Å²) in [5, 5.41) is 6.56. The van der Waals surface area contributed by atoms with Gasteiger partial charge in [-0.1, -0.05) is 12.8 Å². The maximum absolute atomic E-state index is 12.7. The Hall–Kier alpha value is -2.09. The van der Waals surface area contributed by atoms with E-state index in [2.05, 4.69) is 20.4 Å². The third kappa shape index (κ3) is 6.51. The number of methoxy groups -OCH3 is 2. The Morgan fingerprint density at radius 3 is 2.57 bits per heavy atom.